The van der Waals surface area contributed by atoms with Crippen molar-refractivity contribution in [3.8, 4) is 17.0 Å². The second-order valence-electron chi connectivity index (χ2n) is 7.98. The van der Waals surface area contributed by atoms with E-state index < -0.39 is 0 Å². The number of morpholine rings is 1. The number of rotatable bonds is 6. The number of thiazole rings is 1. The van der Waals surface area contributed by atoms with E-state index >= 15 is 0 Å². The van der Waals surface area contributed by atoms with Gasteiger partial charge in [0.2, 0.25) is 0 Å². The van der Waals surface area contributed by atoms with Gasteiger partial charge in [0.15, 0.2) is 5.13 Å². The molecule has 2 heterocycles. The van der Waals surface area contributed by atoms with E-state index in [9.17, 15) is 9.18 Å². The van der Waals surface area contributed by atoms with Crippen molar-refractivity contribution in [2.75, 3.05) is 25.5 Å². The predicted molar refractivity (Wildman–Crippen MR) is 124 cm³/mol. The molecule has 4 rings (SSSR count). The maximum Gasteiger partial charge on any atom is 0.257 e. The Labute approximate surface area is 191 Å². The van der Waals surface area contributed by atoms with Crippen LogP contribution in [0.15, 0.2) is 47.8 Å². The first kappa shape index (κ1) is 22.4. The summed E-state index contributed by atoms with van der Waals surface area (Å²) in [5.74, 6) is -0.0908. The van der Waals surface area contributed by atoms with Crippen LogP contribution in [0, 0.1) is 5.82 Å². The van der Waals surface area contributed by atoms with E-state index in [1.807, 2.05) is 24.3 Å². The van der Waals surface area contributed by atoms with Crippen molar-refractivity contribution >= 4 is 22.4 Å². The van der Waals surface area contributed by atoms with Gasteiger partial charge >= 0.3 is 0 Å². The molecule has 1 saturated heterocycles. The van der Waals surface area contributed by atoms with Crippen LogP contribution in [0.4, 0.5) is 9.52 Å². The quantitative estimate of drug-likeness (QED) is 0.577. The summed E-state index contributed by atoms with van der Waals surface area (Å²) in [5, 5.41) is 5.03. The number of benzene rings is 2. The third-order valence-electron chi connectivity index (χ3n) is 5.28. The van der Waals surface area contributed by atoms with Crippen LogP contribution in [0.3, 0.4) is 0 Å². The minimum absolute atomic E-state index is 0.222. The van der Waals surface area contributed by atoms with Gasteiger partial charge in [-0.3, -0.25) is 15.0 Å². The molecule has 1 N–H and O–H groups in total. The summed E-state index contributed by atoms with van der Waals surface area (Å²) in [6, 6.07) is 11.9. The molecule has 1 aliphatic rings. The zero-order chi connectivity index (χ0) is 22.7. The lowest BCUT2D eigenvalue weighted by Gasteiger charge is -2.35. The summed E-state index contributed by atoms with van der Waals surface area (Å²) in [6.45, 7) is 6.80. The molecule has 0 bridgehead atoms. The molecule has 0 radical (unpaired) electrons. The maximum atomic E-state index is 13.7. The van der Waals surface area contributed by atoms with E-state index in [-0.39, 0.29) is 23.9 Å². The Kier molecular flexibility index (Phi) is 6.83. The average Bonchev–Trinajstić information content (AvgIpc) is 3.22. The van der Waals surface area contributed by atoms with Crippen molar-refractivity contribution in [2.45, 2.75) is 32.6 Å². The largest absolute Gasteiger partial charge is 0.496 e. The van der Waals surface area contributed by atoms with Gasteiger partial charge in [-0.1, -0.05) is 12.1 Å². The lowest BCUT2D eigenvalue weighted by molar-refractivity contribution is -0.0704. The Morgan fingerprint density at radius 1 is 1.22 bits per heavy atom. The average molecular weight is 456 g/mol. The topological polar surface area (TPSA) is 63.7 Å². The fourth-order valence-corrected chi connectivity index (χ4v) is 4.64. The smallest absolute Gasteiger partial charge is 0.257 e. The van der Waals surface area contributed by atoms with Crippen molar-refractivity contribution in [3.63, 3.8) is 0 Å². The predicted octanol–water partition coefficient (Wildman–Crippen LogP) is 4.82. The first-order valence-corrected chi connectivity index (χ1v) is 11.4. The summed E-state index contributed by atoms with van der Waals surface area (Å²) in [5.41, 5.74) is 2.79. The highest BCUT2D eigenvalue weighted by Crippen LogP contribution is 2.33. The highest BCUT2D eigenvalue weighted by atomic mass is 32.1. The van der Waals surface area contributed by atoms with Crippen LogP contribution >= 0.6 is 11.3 Å². The third-order valence-corrected chi connectivity index (χ3v) is 6.04. The molecule has 3 aromatic rings. The van der Waals surface area contributed by atoms with Crippen molar-refractivity contribution in [2.24, 2.45) is 0 Å². The normalized spacial score (nSPS) is 19.0. The standard InChI is InChI=1S/C24H26FN3O3S/c1-15-11-28(12-16(2)31-15)13-17-4-6-18(7-5-17)23(29)27-24-26-21(14-32-24)20-10-19(25)8-9-22(20)30-3/h4-10,14-16H,11-13H2,1-3H3,(H,26,27,29). The fourth-order valence-electron chi connectivity index (χ4n) is 3.94. The highest BCUT2D eigenvalue weighted by Gasteiger charge is 2.22. The van der Waals surface area contributed by atoms with Gasteiger partial charge in [0.05, 0.1) is 25.0 Å². The molecule has 32 heavy (non-hydrogen) atoms. The van der Waals surface area contributed by atoms with E-state index in [1.165, 1.54) is 30.6 Å². The zero-order valence-electron chi connectivity index (χ0n) is 18.3. The van der Waals surface area contributed by atoms with Gasteiger partial charge in [0.25, 0.3) is 5.91 Å². The molecular formula is C24H26FN3O3S. The van der Waals surface area contributed by atoms with Gasteiger partial charge in [-0.05, 0) is 49.7 Å². The van der Waals surface area contributed by atoms with Crippen LogP contribution < -0.4 is 10.1 Å². The van der Waals surface area contributed by atoms with E-state index in [0.29, 0.717) is 27.7 Å². The number of anilines is 1. The van der Waals surface area contributed by atoms with Crippen LogP contribution in [-0.4, -0.2) is 48.2 Å². The molecule has 0 spiro atoms. The maximum absolute atomic E-state index is 13.7. The van der Waals surface area contributed by atoms with Crippen molar-refractivity contribution in [3.05, 3.63) is 64.8 Å². The summed E-state index contributed by atoms with van der Waals surface area (Å²) >= 11 is 1.28. The van der Waals surface area contributed by atoms with Gasteiger partial charge in [0, 0.05) is 36.1 Å². The number of ether oxygens (including phenoxy) is 2. The number of hydrogen-bond donors (Lipinski definition) is 1. The Bertz CT molecular complexity index is 1080. The number of nitrogens with one attached hydrogen (secondary N) is 1. The highest BCUT2D eigenvalue weighted by molar-refractivity contribution is 7.14. The molecule has 0 saturated carbocycles. The third kappa shape index (κ3) is 5.32. The van der Waals surface area contributed by atoms with Crippen LogP contribution in [0.2, 0.25) is 0 Å². The number of nitrogens with zero attached hydrogens (tertiary/aromatic N) is 2. The van der Waals surface area contributed by atoms with Crippen molar-refractivity contribution in [1.29, 1.82) is 0 Å². The molecule has 1 aliphatic heterocycles. The minimum Gasteiger partial charge on any atom is -0.496 e. The Balaban J connectivity index is 1.40. The van der Waals surface area contributed by atoms with E-state index in [1.54, 1.807) is 11.4 Å². The molecule has 0 aliphatic carbocycles. The van der Waals surface area contributed by atoms with Gasteiger partial charge in [-0.15, -0.1) is 11.3 Å². The molecule has 1 amide bonds. The molecule has 1 aromatic heterocycles. The molecule has 8 heteroatoms. The first-order chi connectivity index (χ1) is 15.4. The zero-order valence-corrected chi connectivity index (χ0v) is 19.1. The summed E-state index contributed by atoms with van der Waals surface area (Å²) in [4.78, 5) is 19.5. The lowest BCUT2D eigenvalue weighted by atomic mass is 10.1. The molecule has 2 unspecified atom stereocenters. The SMILES string of the molecule is COc1ccc(F)cc1-c1csc(NC(=O)c2ccc(CN3CC(C)OC(C)C3)cc2)n1. The molecule has 2 atom stereocenters. The van der Waals surface area contributed by atoms with Gasteiger partial charge < -0.3 is 9.47 Å². The molecule has 6 nitrogen and oxygen atoms in total. The number of hydrogen-bond acceptors (Lipinski definition) is 6. The molecular weight excluding hydrogens is 429 g/mol. The molecule has 1 fully saturated rings. The van der Waals surface area contributed by atoms with Crippen LogP contribution in [0.5, 0.6) is 5.75 Å². The summed E-state index contributed by atoms with van der Waals surface area (Å²) in [6.07, 6.45) is 0.443. The fraction of sp³-hybridized carbons (Fsp3) is 0.333. The number of amides is 1. The van der Waals surface area contributed by atoms with Gasteiger partial charge in [-0.25, -0.2) is 9.37 Å². The Morgan fingerprint density at radius 3 is 2.62 bits per heavy atom. The second kappa shape index (κ2) is 9.77. The minimum atomic E-state index is -0.375. The first-order valence-electron chi connectivity index (χ1n) is 10.5. The number of aromatic nitrogens is 1. The number of carbonyl (C=O) groups is 1. The summed E-state index contributed by atoms with van der Waals surface area (Å²) in [7, 11) is 1.52. The van der Waals surface area contributed by atoms with E-state index in [2.05, 4.69) is 29.0 Å². The molecule has 168 valence electrons. The van der Waals surface area contributed by atoms with Crippen LogP contribution in [0.1, 0.15) is 29.8 Å². The monoisotopic (exact) mass is 455 g/mol. The van der Waals surface area contributed by atoms with E-state index in [4.69, 9.17) is 9.47 Å². The molecule has 2 aromatic carbocycles. The van der Waals surface area contributed by atoms with Crippen LogP contribution in [0.25, 0.3) is 11.3 Å². The van der Waals surface area contributed by atoms with Gasteiger partial charge in [-0.2, -0.15) is 0 Å². The number of carbonyl (C=O) groups excluding carboxylic acids is 1. The van der Waals surface area contributed by atoms with Crippen molar-refractivity contribution in [1.82, 2.24) is 9.88 Å². The van der Waals surface area contributed by atoms with Crippen molar-refractivity contribution < 1.29 is 18.7 Å². The number of halogens is 1. The second-order valence-corrected chi connectivity index (χ2v) is 8.84. The van der Waals surface area contributed by atoms with E-state index in [0.717, 1.165) is 25.2 Å². The lowest BCUT2D eigenvalue weighted by Crippen LogP contribution is -2.44. The Hall–Kier alpha value is -2.81. The number of methoxy groups -OCH3 is 1. The summed E-state index contributed by atoms with van der Waals surface area (Å²) < 4.78 is 24.7. The Morgan fingerprint density at radius 2 is 1.94 bits per heavy atom. The van der Waals surface area contributed by atoms with Crippen LogP contribution in [-0.2, 0) is 11.3 Å². The van der Waals surface area contributed by atoms with Gasteiger partial charge in [0.1, 0.15) is 11.6 Å².